The molecule has 0 saturated heterocycles. The number of thiophene rings is 1. The van der Waals surface area contributed by atoms with Gasteiger partial charge in [0, 0.05) is 5.92 Å². The van der Waals surface area contributed by atoms with E-state index in [0.717, 1.165) is 19.3 Å². The Hall–Kier alpha value is -2.57. The first-order valence-electron chi connectivity index (χ1n) is 10.2. The summed E-state index contributed by atoms with van der Waals surface area (Å²) in [5.41, 5.74) is 3.70. The number of hydrogen-bond donors (Lipinski definition) is 1. The van der Waals surface area contributed by atoms with Crippen molar-refractivity contribution in [2.75, 3.05) is 0 Å². The highest BCUT2D eigenvalue weighted by Crippen LogP contribution is 2.23. The maximum absolute atomic E-state index is 11.4. The van der Waals surface area contributed by atoms with E-state index in [4.69, 9.17) is 0 Å². The van der Waals surface area contributed by atoms with E-state index < -0.39 is 5.97 Å². The fourth-order valence-corrected chi connectivity index (χ4v) is 3.64. The number of benzene rings is 1. The summed E-state index contributed by atoms with van der Waals surface area (Å²) in [4.78, 5) is 11.4. The summed E-state index contributed by atoms with van der Waals surface area (Å²) < 4.78 is 0. The zero-order valence-corrected chi connectivity index (χ0v) is 18.1. The van der Waals surface area contributed by atoms with Crippen molar-refractivity contribution >= 4 is 23.4 Å². The fraction of sp³-hybridized carbons (Fsp3) is 0.346. The van der Waals surface area contributed by atoms with Crippen LogP contribution in [0.3, 0.4) is 0 Å². The average Bonchev–Trinajstić information content (AvgIpc) is 3.23. The first-order chi connectivity index (χ1) is 14.1. The zero-order valence-electron chi connectivity index (χ0n) is 17.3. The topological polar surface area (TPSA) is 37.3 Å². The number of carbonyl (C=O) groups is 1. The van der Waals surface area contributed by atoms with Crippen LogP contribution < -0.4 is 0 Å². The largest absolute Gasteiger partial charge is 0.481 e. The smallest absolute Gasteiger partial charge is 0.306 e. The molecule has 0 saturated carbocycles. The molecule has 0 aliphatic heterocycles. The molecule has 1 N–H and O–H groups in total. The lowest BCUT2D eigenvalue weighted by atomic mass is 9.97. The maximum Gasteiger partial charge on any atom is 0.306 e. The number of rotatable bonds is 10. The van der Waals surface area contributed by atoms with Crippen LogP contribution in [0.25, 0.3) is 17.2 Å². The SMILES string of the molecule is CC(C)C#C/C=C/CC(CCCC/C=C/c1cccc(-c2ccsc2)c1)C(=O)O. The van der Waals surface area contributed by atoms with Gasteiger partial charge in [-0.05, 0) is 71.3 Å². The number of carboxylic acids is 1. The molecule has 1 unspecified atom stereocenters. The lowest BCUT2D eigenvalue weighted by Gasteiger charge is -2.08. The molecule has 152 valence electrons. The van der Waals surface area contributed by atoms with Crippen LogP contribution in [0.15, 0.2) is 59.3 Å². The van der Waals surface area contributed by atoms with Gasteiger partial charge < -0.3 is 5.11 Å². The van der Waals surface area contributed by atoms with Crippen LogP contribution in [0.2, 0.25) is 0 Å². The molecular formula is C26H30O2S. The molecule has 1 aromatic heterocycles. The van der Waals surface area contributed by atoms with E-state index in [1.807, 2.05) is 19.9 Å². The predicted molar refractivity (Wildman–Crippen MR) is 125 cm³/mol. The summed E-state index contributed by atoms with van der Waals surface area (Å²) >= 11 is 1.71. The van der Waals surface area contributed by atoms with Crippen molar-refractivity contribution in [2.45, 2.75) is 46.0 Å². The van der Waals surface area contributed by atoms with Crippen molar-refractivity contribution in [1.29, 1.82) is 0 Å². The zero-order chi connectivity index (χ0) is 20.9. The Balaban J connectivity index is 1.73. The van der Waals surface area contributed by atoms with Crippen LogP contribution in [0.1, 0.15) is 51.5 Å². The Morgan fingerprint density at radius 2 is 2.03 bits per heavy atom. The molecule has 1 heterocycles. The predicted octanol–water partition coefficient (Wildman–Crippen LogP) is 7.30. The van der Waals surface area contributed by atoms with Crippen LogP contribution in [0.4, 0.5) is 0 Å². The van der Waals surface area contributed by atoms with Crippen LogP contribution in [-0.2, 0) is 4.79 Å². The van der Waals surface area contributed by atoms with E-state index in [0.29, 0.717) is 18.8 Å². The molecule has 1 atom stereocenters. The van der Waals surface area contributed by atoms with E-state index >= 15 is 0 Å². The molecule has 2 aromatic rings. The van der Waals surface area contributed by atoms with Crippen molar-refractivity contribution in [2.24, 2.45) is 11.8 Å². The van der Waals surface area contributed by atoms with Crippen LogP contribution >= 0.6 is 11.3 Å². The van der Waals surface area contributed by atoms with Gasteiger partial charge in [0.2, 0.25) is 0 Å². The third-order valence-electron chi connectivity index (χ3n) is 4.57. The Morgan fingerprint density at radius 1 is 1.17 bits per heavy atom. The highest BCUT2D eigenvalue weighted by Gasteiger charge is 2.14. The minimum absolute atomic E-state index is 0.321. The van der Waals surface area contributed by atoms with Gasteiger partial charge in [-0.1, -0.05) is 68.5 Å². The highest BCUT2D eigenvalue weighted by atomic mass is 32.1. The van der Waals surface area contributed by atoms with Gasteiger partial charge in [-0.15, -0.1) is 0 Å². The van der Waals surface area contributed by atoms with E-state index in [1.165, 1.54) is 16.7 Å². The minimum Gasteiger partial charge on any atom is -0.481 e. The Morgan fingerprint density at radius 3 is 2.76 bits per heavy atom. The van der Waals surface area contributed by atoms with Crippen molar-refractivity contribution in [3.8, 4) is 23.0 Å². The Labute approximate surface area is 179 Å². The molecule has 0 amide bonds. The van der Waals surface area contributed by atoms with Gasteiger partial charge in [0.1, 0.15) is 0 Å². The van der Waals surface area contributed by atoms with Gasteiger partial charge in [-0.25, -0.2) is 0 Å². The molecule has 0 aliphatic rings. The quantitative estimate of drug-likeness (QED) is 0.332. The van der Waals surface area contributed by atoms with Gasteiger partial charge in [0.15, 0.2) is 0 Å². The van der Waals surface area contributed by atoms with Gasteiger partial charge >= 0.3 is 5.97 Å². The molecular weight excluding hydrogens is 376 g/mol. The molecule has 1 aromatic carbocycles. The second-order valence-corrected chi connectivity index (χ2v) is 8.22. The summed E-state index contributed by atoms with van der Waals surface area (Å²) in [6, 6.07) is 10.7. The molecule has 0 radical (unpaired) electrons. The number of carboxylic acid groups (broad SMARTS) is 1. The van der Waals surface area contributed by atoms with Crippen LogP contribution in [0, 0.1) is 23.7 Å². The van der Waals surface area contributed by atoms with Crippen molar-refractivity contribution in [3.63, 3.8) is 0 Å². The third kappa shape index (κ3) is 8.98. The van der Waals surface area contributed by atoms with E-state index in [1.54, 1.807) is 17.4 Å². The summed E-state index contributed by atoms with van der Waals surface area (Å²) in [5, 5.41) is 13.6. The summed E-state index contributed by atoms with van der Waals surface area (Å²) in [6.07, 6.45) is 12.1. The van der Waals surface area contributed by atoms with Gasteiger partial charge in [-0.3, -0.25) is 4.79 Å². The fourth-order valence-electron chi connectivity index (χ4n) is 2.97. The molecule has 2 rings (SSSR count). The second-order valence-electron chi connectivity index (χ2n) is 7.44. The first kappa shape index (κ1) is 22.7. The minimum atomic E-state index is -0.716. The van der Waals surface area contributed by atoms with E-state index in [2.05, 4.69) is 65.1 Å². The van der Waals surface area contributed by atoms with Gasteiger partial charge in [-0.2, -0.15) is 11.3 Å². The molecule has 2 nitrogen and oxygen atoms in total. The normalized spacial score (nSPS) is 12.4. The number of unbranched alkanes of at least 4 members (excludes halogenated alkanes) is 2. The summed E-state index contributed by atoms with van der Waals surface area (Å²) in [7, 11) is 0. The highest BCUT2D eigenvalue weighted by molar-refractivity contribution is 7.08. The Bertz CT molecular complexity index is 864. The average molecular weight is 407 g/mol. The Kier molecular flexibility index (Phi) is 10.0. The van der Waals surface area contributed by atoms with Crippen molar-refractivity contribution in [3.05, 3.63) is 64.9 Å². The van der Waals surface area contributed by atoms with E-state index in [9.17, 15) is 9.90 Å². The summed E-state index contributed by atoms with van der Waals surface area (Å²) in [6.45, 7) is 4.07. The molecule has 0 spiro atoms. The van der Waals surface area contributed by atoms with Crippen LogP contribution in [-0.4, -0.2) is 11.1 Å². The van der Waals surface area contributed by atoms with E-state index in [-0.39, 0.29) is 5.92 Å². The monoisotopic (exact) mass is 406 g/mol. The van der Waals surface area contributed by atoms with Crippen molar-refractivity contribution < 1.29 is 9.90 Å². The standard InChI is InChI=1S/C26H30O2S/c1-21(2)11-6-5-9-15-23(26(27)28)14-8-4-3-7-12-22-13-10-16-24(19-22)25-17-18-29-20-25/h5,7,9-10,12-13,16-21,23H,3-4,8,14-15H2,1-2H3,(H,27,28)/b9-5+,12-7+. The molecule has 29 heavy (non-hydrogen) atoms. The molecule has 3 heteroatoms. The van der Waals surface area contributed by atoms with Gasteiger partial charge in [0.25, 0.3) is 0 Å². The number of hydrogen-bond acceptors (Lipinski definition) is 2. The second kappa shape index (κ2) is 12.8. The molecule has 0 fully saturated rings. The van der Waals surface area contributed by atoms with Gasteiger partial charge in [0.05, 0.1) is 5.92 Å². The van der Waals surface area contributed by atoms with Crippen molar-refractivity contribution in [1.82, 2.24) is 0 Å². The lowest BCUT2D eigenvalue weighted by Crippen LogP contribution is -2.12. The molecule has 0 aliphatic carbocycles. The lowest BCUT2D eigenvalue weighted by molar-refractivity contribution is -0.141. The number of aliphatic carboxylic acids is 1. The summed E-state index contributed by atoms with van der Waals surface area (Å²) in [5.74, 6) is 5.31. The van der Waals surface area contributed by atoms with Crippen LogP contribution in [0.5, 0.6) is 0 Å². The number of allylic oxidation sites excluding steroid dienone is 3. The first-order valence-corrected chi connectivity index (χ1v) is 11.2. The maximum atomic E-state index is 11.4. The third-order valence-corrected chi connectivity index (χ3v) is 5.25. The molecule has 0 bridgehead atoms.